The zero-order chi connectivity index (χ0) is 22.7. The number of pyridine rings is 1. The van der Waals surface area contributed by atoms with Crippen LogP contribution in [0.4, 0.5) is 5.69 Å². The highest BCUT2D eigenvalue weighted by Crippen LogP contribution is 2.29. The van der Waals surface area contributed by atoms with Gasteiger partial charge in [0.2, 0.25) is 0 Å². The maximum Gasteiger partial charge on any atom is 0.270 e. The summed E-state index contributed by atoms with van der Waals surface area (Å²) in [7, 11) is 0. The van der Waals surface area contributed by atoms with E-state index in [1.54, 1.807) is 24.4 Å². The minimum atomic E-state index is -0.432. The Morgan fingerprint density at radius 3 is 2.81 bits per heavy atom. The average molecular weight is 538 g/mol. The fourth-order valence-electron chi connectivity index (χ4n) is 3.22. The van der Waals surface area contributed by atoms with Crippen molar-refractivity contribution in [1.29, 1.82) is 0 Å². The van der Waals surface area contributed by atoms with Gasteiger partial charge in [0.05, 0.1) is 25.9 Å². The lowest BCUT2D eigenvalue weighted by atomic mass is 10.1. The Morgan fingerprint density at radius 2 is 2.03 bits per heavy atom. The van der Waals surface area contributed by atoms with Crippen molar-refractivity contribution in [1.82, 2.24) is 14.8 Å². The number of fused-ring (bicyclic) bond motifs is 1. The number of ether oxygens (including phenoxy) is 1. The van der Waals surface area contributed by atoms with Gasteiger partial charge in [-0.1, -0.05) is 17.9 Å². The zero-order valence-electron chi connectivity index (χ0n) is 17.4. The lowest BCUT2D eigenvalue weighted by Crippen LogP contribution is -2.04. The van der Waals surface area contributed by atoms with E-state index in [9.17, 15) is 10.1 Å². The van der Waals surface area contributed by atoms with Gasteiger partial charge in [0, 0.05) is 47.0 Å². The van der Waals surface area contributed by atoms with E-state index < -0.39 is 4.92 Å². The molecule has 2 aromatic heterocycles. The summed E-state index contributed by atoms with van der Waals surface area (Å²) < 4.78 is 9.06. The van der Waals surface area contributed by atoms with Crippen LogP contribution in [0.25, 0.3) is 10.9 Å². The van der Waals surface area contributed by atoms with Crippen LogP contribution in [0.1, 0.15) is 36.7 Å². The molecular formula is C24H19IN4O3. The molecule has 0 saturated heterocycles. The summed E-state index contributed by atoms with van der Waals surface area (Å²) in [6.07, 6.45) is 3.56. The minimum Gasteiger partial charge on any atom is -0.486 e. The Morgan fingerprint density at radius 1 is 1.19 bits per heavy atom. The summed E-state index contributed by atoms with van der Waals surface area (Å²) in [6, 6.07) is 14.2. The number of benzene rings is 2. The van der Waals surface area contributed by atoms with E-state index in [4.69, 9.17) is 4.74 Å². The molecule has 0 spiro atoms. The second-order valence-electron chi connectivity index (χ2n) is 7.37. The molecule has 0 unspecified atom stereocenters. The zero-order valence-corrected chi connectivity index (χ0v) is 19.6. The number of nitro groups is 1. The third-order valence-electron chi connectivity index (χ3n) is 4.79. The summed E-state index contributed by atoms with van der Waals surface area (Å²) in [4.78, 5) is 15.0. The van der Waals surface area contributed by atoms with Crippen molar-refractivity contribution >= 4 is 39.2 Å². The molecule has 2 aromatic carbocycles. The fourth-order valence-corrected chi connectivity index (χ4v) is 3.87. The maximum atomic E-state index is 11.0. The van der Waals surface area contributed by atoms with Crippen molar-refractivity contribution in [2.45, 2.75) is 26.5 Å². The van der Waals surface area contributed by atoms with E-state index in [-0.39, 0.29) is 18.3 Å². The SMILES string of the molecule is CC(C)n1ncc2cc(I)c(OCc3ncccc3C#Cc3cccc([N+](=O)[O-])c3)cc21. The third-order valence-corrected chi connectivity index (χ3v) is 5.63. The van der Waals surface area contributed by atoms with Gasteiger partial charge < -0.3 is 4.74 Å². The highest BCUT2D eigenvalue weighted by Gasteiger charge is 2.12. The van der Waals surface area contributed by atoms with E-state index >= 15 is 0 Å². The molecule has 32 heavy (non-hydrogen) atoms. The number of rotatable bonds is 5. The molecule has 0 N–H and O–H groups in total. The van der Waals surface area contributed by atoms with Crippen LogP contribution < -0.4 is 4.74 Å². The molecule has 0 saturated carbocycles. The van der Waals surface area contributed by atoms with Crippen molar-refractivity contribution in [3.05, 3.63) is 91.4 Å². The van der Waals surface area contributed by atoms with Crippen LogP contribution in [0.5, 0.6) is 5.75 Å². The number of aromatic nitrogens is 3. The molecule has 0 radical (unpaired) electrons. The van der Waals surface area contributed by atoms with Gasteiger partial charge in [-0.05, 0) is 60.7 Å². The van der Waals surface area contributed by atoms with E-state index in [0.29, 0.717) is 16.8 Å². The van der Waals surface area contributed by atoms with Crippen LogP contribution in [0, 0.1) is 25.5 Å². The molecule has 2 heterocycles. The first kappa shape index (κ1) is 21.8. The number of nitrogens with zero attached hydrogens (tertiary/aromatic N) is 4. The average Bonchev–Trinajstić information content (AvgIpc) is 3.19. The summed E-state index contributed by atoms with van der Waals surface area (Å²) >= 11 is 2.25. The van der Waals surface area contributed by atoms with E-state index in [1.807, 2.05) is 23.0 Å². The van der Waals surface area contributed by atoms with Crippen LogP contribution in [-0.2, 0) is 6.61 Å². The fraction of sp³-hybridized carbons (Fsp3) is 0.167. The molecule has 0 aliphatic rings. The number of hydrogen-bond acceptors (Lipinski definition) is 5. The van der Waals surface area contributed by atoms with Crippen LogP contribution in [0.3, 0.4) is 0 Å². The lowest BCUT2D eigenvalue weighted by Gasteiger charge is -2.11. The standard InChI is InChI=1S/C24H19IN4O3/c1-16(2)28-23-13-24(21(25)12-19(23)14-27-28)32-15-22-18(6-4-10-26-22)9-8-17-5-3-7-20(11-17)29(30)31/h3-7,10-14,16H,15H2,1-2H3. The molecule has 0 bridgehead atoms. The highest BCUT2D eigenvalue weighted by atomic mass is 127. The Bertz CT molecular complexity index is 1370. The summed E-state index contributed by atoms with van der Waals surface area (Å²) in [6.45, 7) is 4.42. The van der Waals surface area contributed by atoms with Gasteiger partial charge in [-0.3, -0.25) is 19.8 Å². The summed E-state index contributed by atoms with van der Waals surface area (Å²) in [5.74, 6) is 6.80. The summed E-state index contributed by atoms with van der Waals surface area (Å²) in [5, 5.41) is 16.5. The van der Waals surface area contributed by atoms with Crippen molar-refractivity contribution < 1.29 is 9.66 Å². The predicted molar refractivity (Wildman–Crippen MR) is 130 cm³/mol. The molecule has 7 nitrogen and oxygen atoms in total. The molecule has 160 valence electrons. The minimum absolute atomic E-state index is 0.0112. The van der Waals surface area contributed by atoms with Crippen molar-refractivity contribution in [3.63, 3.8) is 0 Å². The topological polar surface area (TPSA) is 83.1 Å². The third kappa shape index (κ3) is 4.73. The van der Waals surface area contributed by atoms with Gasteiger partial charge in [-0.15, -0.1) is 0 Å². The quantitative estimate of drug-likeness (QED) is 0.145. The monoisotopic (exact) mass is 538 g/mol. The molecule has 0 atom stereocenters. The highest BCUT2D eigenvalue weighted by molar-refractivity contribution is 14.1. The van der Waals surface area contributed by atoms with Crippen molar-refractivity contribution in [2.75, 3.05) is 0 Å². The number of hydrogen-bond donors (Lipinski definition) is 0. The normalized spacial score (nSPS) is 10.8. The van der Waals surface area contributed by atoms with E-state index in [0.717, 1.165) is 20.2 Å². The number of nitro benzene ring substituents is 1. The number of halogens is 1. The molecule has 0 aliphatic heterocycles. The molecule has 0 amide bonds. The van der Waals surface area contributed by atoms with E-state index in [2.05, 4.69) is 64.4 Å². The first-order valence-corrected chi connectivity index (χ1v) is 11.0. The van der Waals surface area contributed by atoms with Crippen LogP contribution >= 0.6 is 22.6 Å². The Labute approximate surface area is 198 Å². The van der Waals surface area contributed by atoms with Crippen LogP contribution in [0.2, 0.25) is 0 Å². The van der Waals surface area contributed by atoms with Gasteiger partial charge >= 0.3 is 0 Å². The summed E-state index contributed by atoms with van der Waals surface area (Å²) in [5.41, 5.74) is 3.00. The maximum absolute atomic E-state index is 11.0. The molecular weight excluding hydrogens is 519 g/mol. The van der Waals surface area contributed by atoms with Crippen molar-refractivity contribution in [3.8, 4) is 17.6 Å². The smallest absolute Gasteiger partial charge is 0.270 e. The molecule has 0 fully saturated rings. The molecule has 0 aliphatic carbocycles. The first-order chi connectivity index (χ1) is 15.4. The predicted octanol–water partition coefficient (Wildman–Crippen LogP) is 5.50. The second-order valence-corrected chi connectivity index (χ2v) is 8.53. The van der Waals surface area contributed by atoms with Gasteiger partial charge in [-0.2, -0.15) is 5.10 Å². The van der Waals surface area contributed by atoms with Crippen LogP contribution in [0.15, 0.2) is 60.9 Å². The Balaban J connectivity index is 1.59. The van der Waals surface area contributed by atoms with Gasteiger partial charge in [-0.25, -0.2) is 0 Å². The Hall–Kier alpha value is -3.45. The van der Waals surface area contributed by atoms with Crippen molar-refractivity contribution in [2.24, 2.45) is 0 Å². The van der Waals surface area contributed by atoms with Gasteiger partial charge in [0.1, 0.15) is 12.4 Å². The second kappa shape index (κ2) is 9.36. The van der Waals surface area contributed by atoms with Crippen LogP contribution in [-0.4, -0.2) is 19.7 Å². The first-order valence-electron chi connectivity index (χ1n) is 9.92. The van der Waals surface area contributed by atoms with Gasteiger partial charge in [0.15, 0.2) is 0 Å². The molecule has 8 heteroatoms. The molecule has 4 aromatic rings. The van der Waals surface area contributed by atoms with E-state index in [1.165, 1.54) is 12.1 Å². The Kier molecular flexibility index (Phi) is 6.37. The lowest BCUT2D eigenvalue weighted by molar-refractivity contribution is -0.384. The molecule has 4 rings (SSSR count). The number of non-ortho nitro benzene ring substituents is 1. The van der Waals surface area contributed by atoms with Gasteiger partial charge in [0.25, 0.3) is 5.69 Å². The largest absolute Gasteiger partial charge is 0.486 e.